The van der Waals surface area contributed by atoms with Crippen LogP contribution in [0.5, 0.6) is 5.75 Å². The first kappa shape index (κ1) is 23.2. The summed E-state index contributed by atoms with van der Waals surface area (Å²) in [5, 5.41) is 7.89. The van der Waals surface area contributed by atoms with Gasteiger partial charge in [-0.1, -0.05) is 32.4 Å². The van der Waals surface area contributed by atoms with Crippen LogP contribution in [0.25, 0.3) is 22.6 Å². The predicted molar refractivity (Wildman–Crippen MR) is 129 cm³/mol. The maximum absolute atomic E-state index is 6.38. The Morgan fingerprint density at radius 3 is 2.69 bits per heavy atom. The molecular weight excluding hydrogens is 448 g/mol. The van der Waals surface area contributed by atoms with Crippen molar-refractivity contribution in [2.45, 2.75) is 53.5 Å². The number of ether oxygens (including phenoxy) is 1. The van der Waals surface area contributed by atoms with E-state index in [4.69, 9.17) is 26.7 Å². The number of fused-ring (bicyclic) bond motifs is 1. The van der Waals surface area contributed by atoms with Crippen LogP contribution < -0.4 is 10.5 Å². The Morgan fingerprint density at radius 2 is 2.06 bits per heavy atom. The smallest absolute Gasteiger partial charge is 0.199 e. The number of nitrogens with zero attached hydrogens (tertiary/aromatic N) is 5. The third kappa shape index (κ3) is 4.55. The van der Waals surface area contributed by atoms with E-state index in [-0.39, 0.29) is 11.2 Å². The molecule has 0 atom stereocenters. The molecule has 1 fully saturated rings. The van der Waals surface area contributed by atoms with Gasteiger partial charge < -0.3 is 15.0 Å². The minimum Gasteiger partial charge on any atom is -0.490 e. The molecule has 8 nitrogen and oxygen atoms in total. The van der Waals surface area contributed by atoms with Crippen molar-refractivity contribution >= 4 is 40.2 Å². The second-order valence-electron chi connectivity index (χ2n) is 9.05. The van der Waals surface area contributed by atoms with Gasteiger partial charge in [-0.15, -0.1) is 0 Å². The molecular formula is C22H30ClN6O2S. The highest BCUT2D eigenvalue weighted by Crippen LogP contribution is 2.43. The van der Waals surface area contributed by atoms with Gasteiger partial charge in [-0.05, 0) is 65.3 Å². The van der Waals surface area contributed by atoms with E-state index in [0.717, 1.165) is 11.9 Å². The fraction of sp³-hybridized carbons (Fsp3) is 0.591. The Kier molecular flexibility index (Phi) is 6.86. The molecule has 0 aliphatic carbocycles. The lowest BCUT2D eigenvalue weighted by Crippen LogP contribution is -2.30. The van der Waals surface area contributed by atoms with Crippen molar-refractivity contribution in [2.24, 2.45) is 11.3 Å². The first-order chi connectivity index (χ1) is 15.3. The van der Waals surface area contributed by atoms with Gasteiger partial charge in [-0.2, -0.15) is 11.8 Å². The fourth-order valence-corrected chi connectivity index (χ4v) is 5.82. The molecule has 173 valence electrons. The van der Waals surface area contributed by atoms with Crippen LogP contribution in [0.2, 0.25) is 5.15 Å². The van der Waals surface area contributed by atoms with Crippen LogP contribution in [0, 0.1) is 17.3 Å². The summed E-state index contributed by atoms with van der Waals surface area (Å²) in [5.41, 5.74) is 7.77. The number of hydrogen-bond acceptors (Lipinski definition) is 8. The molecule has 2 N–H and O–H groups in total. The van der Waals surface area contributed by atoms with E-state index in [1.165, 1.54) is 24.3 Å². The number of anilines is 1. The van der Waals surface area contributed by atoms with E-state index in [0.29, 0.717) is 47.0 Å². The van der Waals surface area contributed by atoms with Crippen molar-refractivity contribution < 1.29 is 9.37 Å². The minimum absolute atomic E-state index is 0.152. The molecule has 3 aromatic rings. The zero-order valence-corrected chi connectivity index (χ0v) is 20.6. The van der Waals surface area contributed by atoms with Crippen LogP contribution in [0.1, 0.15) is 47.0 Å². The average Bonchev–Trinajstić information content (AvgIpc) is 3.36. The number of aromatic nitrogens is 5. The Bertz CT molecular complexity index is 1070. The molecule has 1 aliphatic heterocycles. The van der Waals surface area contributed by atoms with Crippen molar-refractivity contribution in [1.29, 1.82) is 0 Å². The number of thioether (sulfide) groups is 1. The van der Waals surface area contributed by atoms with Gasteiger partial charge in [0.15, 0.2) is 28.2 Å². The maximum Gasteiger partial charge on any atom is 0.199 e. The number of nitrogens with two attached hydrogens (primary N) is 1. The lowest BCUT2D eigenvalue weighted by molar-refractivity contribution is 0.250. The first-order valence-electron chi connectivity index (χ1n) is 11.0. The second kappa shape index (κ2) is 9.47. The Labute approximate surface area is 197 Å². The zero-order chi connectivity index (χ0) is 22.9. The van der Waals surface area contributed by atoms with Crippen molar-refractivity contribution in [3.8, 4) is 17.3 Å². The summed E-state index contributed by atoms with van der Waals surface area (Å²) in [5.74, 6) is 6.09. The SMILES string of the molecule is CCn1c(-c2nonc2N)nc2c(Cl)ncc(OCC[C](C3CCSCC3)C(C)(C)C)c21. The number of imidazole rings is 1. The summed E-state index contributed by atoms with van der Waals surface area (Å²) < 4.78 is 13.0. The average molecular weight is 478 g/mol. The van der Waals surface area contributed by atoms with Crippen molar-refractivity contribution in [3.63, 3.8) is 0 Å². The van der Waals surface area contributed by atoms with Crippen LogP contribution in [-0.2, 0) is 6.54 Å². The van der Waals surface area contributed by atoms with Crippen molar-refractivity contribution in [1.82, 2.24) is 24.8 Å². The van der Waals surface area contributed by atoms with E-state index in [2.05, 4.69) is 52.8 Å². The first-order valence-corrected chi connectivity index (χ1v) is 12.5. The van der Waals surface area contributed by atoms with Gasteiger partial charge in [-0.25, -0.2) is 14.6 Å². The topological polar surface area (TPSA) is 105 Å². The Balaban J connectivity index is 1.61. The third-order valence-corrected chi connectivity index (χ3v) is 7.37. The molecule has 0 aromatic carbocycles. The van der Waals surface area contributed by atoms with Crippen LogP contribution in [0.4, 0.5) is 5.82 Å². The third-order valence-electron chi connectivity index (χ3n) is 6.04. The number of aryl methyl sites for hydroxylation is 1. The largest absolute Gasteiger partial charge is 0.490 e. The van der Waals surface area contributed by atoms with Crippen LogP contribution in [-0.4, -0.2) is 43.0 Å². The summed E-state index contributed by atoms with van der Waals surface area (Å²) in [6.45, 7) is 10.1. The summed E-state index contributed by atoms with van der Waals surface area (Å²) >= 11 is 8.44. The van der Waals surface area contributed by atoms with Gasteiger partial charge in [0.1, 0.15) is 11.0 Å². The molecule has 0 spiro atoms. The van der Waals surface area contributed by atoms with Gasteiger partial charge in [-0.3, -0.25) is 0 Å². The molecule has 0 bridgehead atoms. The highest BCUT2D eigenvalue weighted by molar-refractivity contribution is 7.99. The standard InChI is InChI=1S/C22H30ClN6O2S/c1-5-29-18-15(30-9-6-14(22(2,3)4)13-7-10-32-11-8-13)12-25-19(23)16(18)26-21(29)17-20(24)28-31-27-17/h12-13H,5-11H2,1-4H3,(H2,24,28). The zero-order valence-electron chi connectivity index (χ0n) is 19.0. The molecule has 0 amide bonds. The van der Waals surface area contributed by atoms with E-state index in [1.54, 1.807) is 12.1 Å². The van der Waals surface area contributed by atoms with E-state index in [1.807, 2.05) is 11.5 Å². The predicted octanol–water partition coefficient (Wildman–Crippen LogP) is 5.27. The molecule has 0 unspecified atom stereocenters. The number of hydrogen-bond donors (Lipinski definition) is 1. The normalized spacial score (nSPS) is 15.7. The quantitative estimate of drug-likeness (QED) is 0.459. The van der Waals surface area contributed by atoms with E-state index < -0.39 is 0 Å². The van der Waals surface area contributed by atoms with Crippen LogP contribution in [0.3, 0.4) is 0 Å². The molecule has 4 rings (SSSR count). The van der Waals surface area contributed by atoms with Crippen molar-refractivity contribution in [2.75, 3.05) is 23.8 Å². The van der Waals surface area contributed by atoms with Gasteiger partial charge in [0, 0.05) is 6.54 Å². The van der Waals surface area contributed by atoms with Gasteiger partial charge in [0.05, 0.1) is 12.8 Å². The number of pyridine rings is 1. The monoisotopic (exact) mass is 477 g/mol. The Morgan fingerprint density at radius 1 is 1.31 bits per heavy atom. The summed E-state index contributed by atoms with van der Waals surface area (Å²) in [4.78, 5) is 8.94. The van der Waals surface area contributed by atoms with Crippen LogP contribution >= 0.6 is 23.4 Å². The maximum atomic E-state index is 6.38. The molecule has 4 heterocycles. The lowest BCUT2D eigenvalue weighted by Gasteiger charge is -2.38. The minimum atomic E-state index is 0.152. The Hall–Kier alpha value is -2.00. The number of rotatable bonds is 7. The molecule has 1 radical (unpaired) electrons. The molecule has 0 saturated carbocycles. The number of nitrogen functional groups attached to an aromatic ring is 1. The second-order valence-corrected chi connectivity index (χ2v) is 10.6. The van der Waals surface area contributed by atoms with E-state index >= 15 is 0 Å². The molecule has 1 saturated heterocycles. The van der Waals surface area contributed by atoms with Crippen LogP contribution in [0.15, 0.2) is 10.8 Å². The van der Waals surface area contributed by atoms with Crippen molar-refractivity contribution in [3.05, 3.63) is 17.3 Å². The van der Waals surface area contributed by atoms with Gasteiger partial charge >= 0.3 is 0 Å². The highest BCUT2D eigenvalue weighted by Gasteiger charge is 2.33. The highest BCUT2D eigenvalue weighted by atomic mass is 35.5. The number of halogens is 1. The molecule has 10 heteroatoms. The summed E-state index contributed by atoms with van der Waals surface area (Å²) in [6.07, 6.45) is 5.09. The van der Waals surface area contributed by atoms with Gasteiger partial charge in [0.2, 0.25) is 0 Å². The lowest BCUT2D eigenvalue weighted by atomic mass is 9.69. The summed E-state index contributed by atoms with van der Waals surface area (Å²) in [6, 6.07) is 0. The van der Waals surface area contributed by atoms with Gasteiger partial charge in [0.25, 0.3) is 0 Å². The molecule has 1 aliphatic rings. The summed E-state index contributed by atoms with van der Waals surface area (Å²) in [7, 11) is 0. The molecule has 3 aromatic heterocycles. The molecule has 32 heavy (non-hydrogen) atoms. The fourth-order valence-electron chi connectivity index (χ4n) is 4.54. The van der Waals surface area contributed by atoms with E-state index in [9.17, 15) is 0 Å².